The first-order valence-corrected chi connectivity index (χ1v) is 8.83. The summed E-state index contributed by atoms with van der Waals surface area (Å²) in [7, 11) is 0. The van der Waals surface area contributed by atoms with Gasteiger partial charge in [0, 0.05) is 25.7 Å². The SMILES string of the molecule is C[C@@H]1CN([C@H](C)CNC(=O)c2cc3ccccc3cc2O)C[C@@H](C)O1. The predicted octanol–water partition coefficient (Wildman–Crippen LogP) is 2.77. The van der Waals surface area contributed by atoms with E-state index < -0.39 is 0 Å². The van der Waals surface area contributed by atoms with Gasteiger partial charge in [-0.05, 0) is 43.7 Å². The van der Waals surface area contributed by atoms with Crippen LogP contribution in [0, 0.1) is 0 Å². The first-order valence-electron chi connectivity index (χ1n) is 8.83. The van der Waals surface area contributed by atoms with Crippen molar-refractivity contribution >= 4 is 16.7 Å². The maximum atomic E-state index is 12.5. The van der Waals surface area contributed by atoms with E-state index in [1.165, 1.54) is 0 Å². The summed E-state index contributed by atoms with van der Waals surface area (Å²) in [6, 6.07) is 11.3. The summed E-state index contributed by atoms with van der Waals surface area (Å²) in [5.41, 5.74) is 0.314. The summed E-state index contributed by atoms with van der Waals surface area (Å²) in [5.74, 6) is -0.234. The van der Waals surface area contributed by atoms with Crippen molar-refractivity contribution in [2.24, 2.45) is 0 Å². The Morgan fingerprint density at radius 2 is 1.84 bits per heavy atom. The highest BCUT2D eigenvalue weighted by Gasteiger charge is 2.26. The summed E-state index contributed by atoms with van der Waals surface area (Å²) < 4.78 is 5.76. The molecule has 1 heterocycles. The topological polar surface area (TPSA) is 61.8 Å². The van der Waals surface area contributed by atoms with E-state index in [0.29, 0.717) is 12.1 Å². The normalized spacial score (nSPS) is 22.7. The molecule has 0 radical (unpaired) electrons. The van der Waals surface area contributed by atoms with Crippen molar-refractivity contribution in [3.05, 3.63) is 42.0 Å². The molecule has 0 unspecified atom stereocenters. The number of phenols is 1. The lowest BCUT2D eigenvalue weighted by atomic mass is 10.1. The molecule has 0 saturated carbocycles. The number of phenolic OH excluding ortho intramolecular Hbond substituents is 1. The number of nitrogens with one attached hydrogen (secondary N) is 1. The highest BCUT2D eigenvalue weighted by atomic mass is 16.5. The maximum Gasteiger partial charge on any atom is 0.255 e. The molecule has 3 atom stereocenters. The predicted molar refractivity (Wildman–Crippen MR) is 99.0 cm³/mol. The smallest absolute Gasteiger partial charge is 0.255 e. The number of rotatable bonds is 4. The molecule has 25 heavy (non-hydrogen) atoms. The van der Waals surface area contributed by atoms with Gasteiger partial charge in [0.25, 0.3) is 5.91 Å². The van der Waals surface area contributed by atoms with E-state index in [0.717, 1.165) is 23.9 Å². The third kappa shape index (κ3) is 4.11. The Morgan fingerprint density at radius 3 is 2.48 bits per heavy atom. The fourth-order valence-electron chi connectivity index (χ4n) is 3.45. The molecule has 1 aliphatic rings. The van der Waals surface area contributed by atoms with Crippen LogP contribution in [0.4, 0.5) is 0 Å². The lowest BCUT2D eigenvalue weighted by molar-refractivity contribution is -0.0778. The van der Waals surface area contributed by atoms with Gasteiger partial charge in [0.15, 0.2) is 0 Å². The molecule has 1 saturated heterocycles. The van der Waals surface area contributed by atoms with Crippen LogP contribution in [0.1, 0.15) is 31.1 Å². The van der Waals surface area contributed by atoms with E-state index in [1.807, 2.05) is 24.3 Å². The lowest BCUT2D eigenvalue weighted by Gasteiger charge is -2.39. The first-order chi connectivity index (χ1) is 11.9. The van der Waals surface area contributed by atoms with Gasteiger partial charge in [0.2, 0.25) is 0 Å². The number of aromatic hydroxyl groups is 1. The maximum absolute atomic E-state index is 12.5. The van der Waals surface area contributed by atoms with Crippen LogP contribution in [-0.2, 0) is 4.74 Å². The number of amides is 1. The number of benzene rings is 2. The van der Waals surface area contributed by atoms with Crippen molar-refractivity contribution in [1.29, 1.82) is 0 Å². The summed E-state index contributed by atoms with van der Waals surface area (Å²) in [5, 5.41) is 15.0. The van der Waals surface area contributed by atoms with Gasteiger partial charge >= 0.3 is 0 Å². The molecule has 5 nitrogen and oxygen atoms in total. The molecule has 134 valence electrons. The Kier molecular flexibility index (Phi) is 5.25. The van der Waals surface area contributed by atoms with Crippen molar-refractivity contribution in [3.63, 3.8) is 0 Å². The van der Waals surface area contributed by atoms with Crippen LogP contribution in [0.15, 0.2) is 36.4 Å². The average molecular weight is 342 g/mol. The average Bonchev–Trinajstić information content (AvgIpc) is 2.57. The third-order valence-corrected chi connectivity index (χ3v) is 4.74. The molecule has 1 aliphatic heterocycles. The summed E-state index contributed by atoms with van der Waals surface area (Å²) in [6.45, 7) is 8.50. The number of morpholine rings is 1. The van der Waals surface area contributed by atoms with Crippen LogP contribution < -0.4 is 5.32 Å². The quantitative estimate of drug-likeness (QED) is 0.897. The first kappa shape index (κ1) is 17.7. The van der Waals surface area contributed by atoms with E-state index >= 15 is 0 Å². The number of ether oxygens (including phenoxy) is 1. The molecular formula is C20H26N2O3. The highest BCUT2D eigenvalue weighted by Crippen LogP contribution is 2.25. The summed E-state index contributed by atoms with van der Waals surface area (Å²) in [4.78, 5) is 14.8. The van der Waals surface area contributed by atoms with Crippen molar-refractivity contribution < 1.29 is 14.6 Å². The Hall–Kier alpha value is -2.11. The van der Waals surface area contributed by atoms with Crippen LogP contribution in [-0.4, -0.2) is 53.8 Å². The molecule has 1 amide bonds. The van der Waals surface area contributed by atoms with Crippen molar-refractivity contribution in [2.75, 3.05) is 19.6 Å². The van der Waals surface area contributed by atoms with Crippen LogP contribution in [0.3, 0.4) is 0 Å². The van der Waals surface area contributed by atoms with Crippen molar-refractivity contribution in [1.82, 2.24) is 10.2 Å². The number of carbonyl (C=O) groups excluding carboxylic acids is 1. The van der Waals surface area contributed by atoms with Crippen LogP contribution in [0.25, 0.3) is 10.8 Å². The zero-order chi connectivity index (χ0) is 18.0. The van der Waals surface area contributed by atoms with Gasteiger partial charge in [-0.2, -0.15) is 0 Å². The van der Waals surface area contributed by atoms with Crippen LogP contribution in [0.5, 0.6) is 5.75 Å². The number of fused-ring (bicyclic) bond motifs is 1. The second-order valence-electron chi connectivity index (χ2n) is 6.99. The monoisotopic (exact) mass is 342 g/mol. The minimum absolute atomic E-state index is 0.0115. The molecule has 2 aromatic rings. The largest absolute Gasteiger partial charge is 0.507 e. The van der Waals surface area contributed by atoms with E-state index in [2.05, 4.69) is 31.0 Å². The zero-order valence-corrected chi connectivity index (χ0v) is 15.0. The fourth-order valence-corrected chi connectivity index (χ4v) is 3.45. The van der Waals surface area contributed by atoms with Gasteiger partial charge in [-0.1, -0.05) is 24.3 Å². The Morgan fingerprint density at radius 1 is 1.24 bits per heavy atom. The molecule has 3 rings (SSSR count). The molecule has 2 N–H and O–H groups in total. The third-order valence-electron chi connectivity index (χ3n) is 4.74. The van der Waals surface area contributed by atoms with E-state index in [9.17, 15) is 9.90 Å². The highest BCUT2D eigenvalue weighted by molar-refractivity contribution is 6.01. The second-order valence-corrected chi connectivity index (χ2v) is 6.99. The minimum atomic E-state index is -0.246. The van der Waals surface area contributed by atoms with Crippen molar-refractivity contribution in [3.8, 4) is 5.75 Å². The van der Waals surface area contributed by atoms with Gasteiger partial charge in [-0.3, -0.25) is 9.69 Å². The number of hydrogen-bond acceptors (Lipinski definition) is 4. The van der Waals surface area contributed by atoms with E-state index in [-0.39, 0.29) is 29.9 Å². The fraction of sp³-hybridized carbons (Fsp3) is 0.450. The number of nitrogens with zero attached hydrogens (tertiary/aromatic N) is 1. The van der Waals surface area contributed by atoms with Crippen LogP contribution in [0.2, 0.25) is 0 Å². The molecule has 0 bridgehead atoms. The molecule has 0 aromatic heterocycles. The zero-order valence-electron chi connectivity index (χ0n) is 15.0. The van der Waals surface area contributed by atoms with Gasteiger partial charge in [-0.15, -0.1) is 0 Å². The summed E-state index contributed by atoms with van der Waals surface area (Å²) in [6.07, 6.45) is 0.401. The summed E-state index contributed by atoms with van der Waals surface area (Å²) >= 11 is 0. The lowest BCUT2D eigenvalue weighted by Crippen LogP contribution is -2.52. The number of hydrogen-bond donors (Lipinski definition) is 2. The van der Waals surface area contributed by atoms with Crippen LogP contribution >= 0.6 is 0 Å². The Labute approximate surface area is 148 Å². The second kappa shape index (κ2) is 7.42. The van der Waals surface area contributed by atoms with Gasteiger partial charge < -0.3 is 15.2 Å². The number of carbonyl (C=O) groups is 1. The van der Waals surface area contributed by atoms with Crippen molar-refractivity contribution in [2.45, 2.75) is 39.0 Å². The van der Waals surface area contributed by atoms with Gasteiger partial charge in [0.05, 0.1) is 17.8 Å². The van der Waals surface area contributed by atoms with E-state index in [4.69, 9.17) is 4.74 Å². The standard InChI is InChI=1S/C20H26N2O3/c1-13(22-11-14(2)25-15(3)12-22)10-21-20(24)18-8-16-6-4-5-7-17(16)9-19(18)23/h4-9,13-15,23H,10-12H2,1-3H3,(H,21,24)/t13-,14-,15-/m1/s1. The Bertz CT molecular complexity index is 752. The molecule has 5 heteroatoms. The minimum Gasteiger partial charge on any atom is -0.507 e. The molecule has 2 aromatic carbocycles. The molecule has 0 aliphatic carbocycles. The Balaban J connectivity index is 1.65. The molecule has 1 fully saturated rings. The molecular weight excluding hydrogens is 316 g/mol. The molecule has 0 spiro atoms. The van der Waals surface area contributed by atoms with E-state index in [1.54, 1.807) is 12.1 Å². The van der Waals surface area contributed by atoms with Gasteiger partial charge in [-0.25, -0.2) is 0 Å². The van der Waals surface area contributed by atoms with Gasteiger partial charge in [0.1, 0.15) is 5.75 Å².